The maximum Gasteiger partial charge on any atom is 0.306 e. The summed E-state index contributed by atoms with van der Waals surface area (Å²) in [6.07, 6.45) is 6.11. The van der Waals surface area contributed by atoms with Gasteiger partial charge in [0.05, 0.1) is 6.10 Å². The van der Waals surface area contributed by atoms with Crippen LogP contribution in [0.1, 0.15) is 43.4 Å². The van der Waals surface area contributed by atoms with Gasteiger partial charge in [-0.25, -0.2) is 4.98 Å². The molecule has 1 fully saturated rings. The molecule has 0 radical (unpaired) electrons. The number of esters is 1. The van der Waals surface area contributed by atoms with Crippen molar-refractivity contribution >= 4 is 17.7 Å². The molecule has 0 aliphatic heterocycles. The second-order valence-corrected chi connectivity index (χ2v) is 6.52. The Morgan fingerprint density at radius 3 is 2.65 bits per heavy atom. The van der Waals surface area contributed by atoms with Crippen LogP contribution in [0.15, 0.2) is 9.95 Å². The fourth-order valence-corrected chi connectivity index (χ4v) is 3.32. The molecule has 2 atom stereocenters. The predicted molar refractivity (Wildman–Crippen MR) is 88.8 cm³/mol. The van der Waals surface area contributed by atoms with Crippen molar-refractivity contribution in [1.29, 1.82) is 0 Å². The molecule has 1 aliphatic rings. The first-order chi connectivity index (χ1) is 11.0. The lowest BCUT2D eigenvalue weighted by Crippen LogP contribution is -2.35. The number of ether oxygens (including phenoxy) is 2. The Labute approximate surface area is 140 Å². The second kappa shape index (κ2) is 8.49. The molecule has 0 amide bonds. The van der Waals surface area contributed by atoms with Crippen molar-refractivity contribution in [2.45, 2.75) is 62.8 Å². The van der Waals surface area contributed by atoms with E-state index in [1.54, 1.807) is 14.0 Å². The highest BCUT2D eigenvalue weighted by Crippen LogP contribution is 2.24. The molecular formula is C16H24N2O4S. The molecule has 1 N–H and O–H groups in total. The summed E-state index contributed by atoms with van der Waals surface area (Å²) >= 11 is 1.38. The van der Waals surface area contributed by atoms with E-state index >= 15 is 0 Å². The minimum atomic E-state index is -0.285. The van der Waals surface area contributed by atoms with Crippen molar-refractivity contribution in [1.82, 2.24) is 9.97 Å². The lowest BCUT2D eigenvalue weighted by atomic mass is 9.94. The highest BCUT2D eigenvalue weighted by atomic mass is 32.2. The molecule has 0 spiro atoms. The van der Waals surface area contributed by atoms with E-state index in [1.807, 2.05) is 6.26 Å². The van der Waals surface area contributed by atoms with E-state index in [1.165, 1.54) is 11.8 Å². The van der Waals surface area contributed by atoms with Crippen LogP contribution in [0.5, 0.6) is 0 Å². The van der Waals surface area contributed by atoms with Gasteiger partial charge in [-0.3, -0.25) is 9.59 Å². The number of carbonyl (C=O) groups excluding carboxylic acids is 1. The van der Waals surface area contributed by atoms with E-state index in [9.17, 15) is 9.59 Å². The maximum absolute atomic E-state index is 12.1. The number of rotatable bonds is 6. The molecule has 0 aromatic carbocycles. The number of nitrogens with one attached hydrogen (secondary N) is 1. The second-order valence-electron chi connectivity index (χ2n) is 5.73. The van der Waals surface area contributed by atoms with Gasteiger partial charge in [0.25, 0.3) is 5.56 Å². The quantitative estimate of drug-likeness (QED) is 0.486. The van der Waals surface area contributed by atoms with Crippen molar-refractivity contribution in [2.75, 3.05) is 13.4 Å². The Hall–Kier alpha value is -1.34. The average molecular weight is 340 g/mol. The average Bonchev–Trinajstić information content (AvgIpc) is 2.54. The minimum Gasteiger partial charge on any atom is -0.460 e. The van der Waals surface area contributed by atoms with Crippen LogP contribution in [0.25, 0.3) is 0 Å². The van der Waals surface area contributed by atoms with Crippen molar-refractivity contribution in [3.05, 3.63) is 21.6 Å². The van der Waals surface area contributed by atoms with Gasteiger partial charge in [0.2, 0.25) is 0 Å². The molecule has 1 aromatic rings. The van der Waals surface area contributed by atoms with Crippen molar-refractivity contribution < 1.29 is 14.3 Å². The molecular weight excluding hydrogens is 316 g/mol. The summed E-state index contributed by atoms with van der Waals surface area (Å²) in [6.45, 7) is 1.79. The standard InChI is InChI=1S/C16H24N2O4S/c1-10-11(15(20)18-16(17-10)23-3)8-9-14(19)22-13-7-5-4-6-12(13)21-2/h12-13H,4-9H2,1-3H3,(H,17,18,20). The number of aromatic nitrogens is 2. The Balaban J connectivity index is 1.93. The van der Waals surface area contributed by atoms with Crippen molar-refractivity contribution in [3.63, 3.8) is 0 Å². The zero-order valence-corrected chi connectivity index (χ0v) is 14.7. The first-order valence-electron chi connectivity index (χ1n) is 7.91. The SMILES string of the molecule is COC1CCCCC1OC(=O)CCc1c(C)nc(SC)[nH]c1=O. The monoisotopic (exact) mass is 340 g/mol. The third kappa shape index (κ3) is 4.81. The molecule has 7 heteroatoms. The molecule has 23 heavy (non-hydrogen) atoms. The van der Waals surface area contributed by atoms with Gasteiger partial charge in [0.15, 0.2) is 5.16 Å². The molecule has 128 valence electrons. The molecule has 1 heterocycles. The van der Waals surface area contributed by atoms with E-state index < -0.39 is 0 Å². The third-order valence-electron chi connectivity index (χ3n) is 4.20. The van der Waals surface area contributed by atoms with Crippen LogP contribution in [0, 0.1) is 6.92 Å². The molecule has 2 rings (SSSR count). The number of hydrogen-bond acceptors (Lipinski definition) is 6. The molecule has 1 saturated carbocycles. The predicted octanol–water partition coefficient (Wildman–Crippen LogP) is 2.23. The smallest absolute Gasteiger partial charge is 0.306 e. The summed E-state index contributed by atoms with van der Waals surface area (Å²) in [5.74, 6) is -0.285. The summed E-state index contributed by atoms with van der Waals surface area (Å²) in [6, 6.07) is 0. The molecule has 2 unspecified atom stereocenters. The summed E-state index contributed by atoms with van der Waals surface area (Å²) in [5, 5.41) is 0.587. The number of hydrogen-bond donors (Lipinski definition) is 1. The van der Waals surface area contributed by atoms with E-state index in [-0.39, 0.29) is 30.2 Å². The van der Waals surface area contributed by atoms with Crippen LogP contribution in [-0.4, -0.2) is 41.5 Å². The summed E-state index contributed by atoms with van der Waals surface area (Å²) < 4.78 is 10.9. The zero-order valence-electron chi connectivity index (χ0n) is 13.9. The van der Waals surface area contributed by atoms with Gasteiger partial charge in [0.1, 0.15) is 6.10 Å². The highest BCUT2D eigenvalue weighted by Gasteiger charge is 2.28. The van der Waals surface area contributed by atoms with E-state index in [4.69, 9.17) is 9.47 Å². The number of aryl methyl sites for hydroxylation is 1. The summed E-state index contributed by atoms with van der Waals surface area (Å²) in [5.41, 5.74) is 1.03. The lowest BCUT2D eigenvalue weighted by Gasteiger charge is -2.29. The van der Waals surface area contributed by atoms with Gasteiger partial charge in [0, 0.05) is 24.8 Å². The first kappa shape index (κ1) is 18.0. The normalized spacial score (nSPS) is 21.2. The number of aromatic amines is 1. The number of carbonyl (C=O) groups is 1. The van der Waals surface area contributed by atoms with Gasteiger partial charge >= 0.3 is 5.97 Å². The highest BCUT2D eigenvalue weighted by molar-refractivity contribution is 7.98. The van der Waals surface area contributed by atoms with Crippen molar-refractivity contribution in [2.24, 2.45) is 0 Å². The van der Waals surface area contributed by atoms with Gasteiger partial charge in [-0.1, -0.05) is 18.2 Å². The Kier molecular flexibility index (Phi) is 6.65. The number of methoxy groups -OCH3 is 1. The zero-order chi connectivity index (χ0) is 16.8. The number of H-pyrrole nitrogens is 1. The number of thioether (sulfide) groups is 1. The largest absolute Gasteiger partial charge is 0.460 e. The van der Waals surface area contributed by atoms with Crippen molar-refractivity contribution in [3.8, 4) is 0 Å². The Morgan fingerprint density at radius 1 is 1.35 bits per heavy atom. The maximum atomic E-state index is 12.1. The van der Waals surface area contributed by atoms with Gasteiger partial charge in [-0.05, 0) is 38.9 Å². The molecule has 0 saturated heterocycles. The van der Waals surface area contributed by atoms with E-state index in [2.05, 4.69) is 9.97 Å². The lowest BCUT2D eigenvalue weighted by molar-refractivity contribution is -0.159. The first-order valence-corrected chi connectivity index (χ1v) is 9.13. The number of nitrogens with zero attached hydrogens (tertiary/aromatic N) is 1. The van der Waals surface area contributed by atoms with E-state index in [0.29, 0.717) is 22.8 Å². The fourth-order valence-electron chi connectivity index (χ4n) is 2.90. The van der Waals surface area contributed by atoms with Gasteiger partial charge in [-0.15, -0.1) is 0 Å². The molecule has 6 nitrogen and oxygen atoms in total. The van der Waals surface area contributed by atoms with Crippen LogP contribution in [0.4, 0.5) is 0 Å². The Morgan fingerprint density at radius 2 is 2.04 bits per heavy atom. The molecule has 1 aliphatic carbocycles. The Bertz CT molecular complexity index is 602. The van der Waals surface area contributed by atoms with Gasteiger partial charge < -0.3 is 14.5 Å². The summed E-state index contributed by atoms with van der Waals surface area (Å²) in [4.78, 5) is 31.1. The molecule has 1 aromatic heterocycles. The molecule has 0 bridgehead atoms. The minimum absolute atomic E-state index is 0.0135. The van der Waals surface area contributed by atoms with Crippen LogP contribution in [0.3, 0.4) is 0 Å². The fraction of sp³-hybridized carbons (Fsp3) is 0.688. The van der Waals surface area contributed by atoms with Crippen LogP contribution < -0.4 is 5.56 Å². The van der Waals surface area contributed by atoms with Crippen LogP contribution in [-0.2, 0) is 20.7 Å². The van der Waals surface area contributed by atoms with E-state index in [0.717, 1.165) is 25.7 Å². The van der Waals surface area contributed by atoms with Crippen LogP contribution in [0.2, 0.25) is 0 Å². The third-order valence-corrected chi connectivity index (χ3v) is 4.78. The summed E-state index contributed by atoms with van der Waals surface area (Å²) in [7, 11) is 1.65. The topological polar surface area (TPSA) is 81.3 Å². The van der Waals surface area contributed by atoms with Gasteiger partial charge in [-0.2, -0.15) is 0 Å². The van der Waals surface area contributed by atoms with Crippen LogP contribution >= 0.6 is 11.8 Å².